The molecule has 4 nitrogen and oxygen atoms in total. The predicted octanol–water partition coefficient (Wildman–Crippen LogP) is 4.90. The summed E-state index contributed by atoms with van der Waals surface area (Å²) in [4.78, 5) is 12.2. The van der Waals surface area contributed by atoms with Crippen molar-refractivity contribution >= 4 is 68.1 Å². The number of anilines is 1. The number of nitrogens with one attached hydrogen (secondary N) is 2. The molecule has 0 spiro atoms. The maximum atomic E-state index is 12.2. The molecule has 0 aromatic heterocycles. The number of benzene rings is 2. The van der Waals surface area contributed by atoms with Crippen LogP contribution in [0.3, 0.4) is 0 Å². The van der Waals surface area contributed by atoms with Gasteiger partial charge in [0.2, 0.25) is 0 Å². The first kappa shape index (κ1) is 18.0. The monoisotopic (exact) mass is 432 g/mol. The summed E-state index contributed by atoms with van der Waals surface area (Å²) >= 11 is 20.1. The van der Waals surface area contributed by atoms with E-state index < -0.39 is 5.91 Å². The first-order valence-corrected chi connectivity index (χ1v) is 8.30. The second-order valence-electron chi connectivity index (χ2n) is 4.66. The van der Waals surface area contributed by atoms with Crippen molar-refractivity contribution in [2.45, 2.75) is 6.92 Å². The average Bonchev–Trinajstić information content (AvgIpc) is 2.44. The summed E-state index contributed by atoms with van der Waals surface area (Å²) in [5.74, 6) is -0.294. The van der Waals surface area contributed by atoms with E-state index >= 15 is 0 Å². The number of aryl methyl sites for hydroxylation is 1. The minimum absolute atomic E-state index is 0.109. The molecule has 0 saturated heterocycles. The molecule has 0 aliphatic rings. The molecule has 23 heavy (non-hydrogen) atoms. The van der Waals surface area contributed by atoms with Gasteiger partial charge in [-0.2, -0.15) is 0 Å². The summed E-state index contributed by atoms with van der Waals surface area (Å²) in [6, 6.07) is 7.92. The average molecular weight is 434 g/mol. The van der Waals surface area contributed by atoms with Gasteiger partial charge in [0.15, 0.2) is 5.11 Å². The highest BCUT2D eigenvalue weighted by Crippen LogP contribution is 2.30. The van der Waals surface area contributed by atoms with Gasteiger partial charge in [0.25, 0.3) is 5.91 Å². The van der Waals surface area contributed by atoms with Gasteiger partial charge in [-0.05, 0) is 71.0 Å². The molecule has 2 rings (SSSR count). The molecule has 0 unspecified atom stereocenters. The summed E-state index contributed by atoms with van der Waals surface area (Å²) < 4.78 is 0.523. The number of amides is 1. The van der Waals surface area contributed by atoms with Crippen LogP contribution in [-0.2, 0) is 0 Å². The normalized spacial score (nSPS) is 10.3. The molecule has 0 fully saturated rings. The van der Waals surface area contributed by atoms with Gasteiger partial charge in [-0.1, -0.05) is 23.2 Å². The number of aromatic hydroxyl groups is 1. The van der Waals surface area contributed by atoms with Gasteiger partial charge in [-0.25, -0.2) is 0 Å². The molecule has 0 saturated carbocycles. The lowest BCUT2D eigenvalue weighted by Gasteiger charge is -2.12. The van der Waals surface area contributed by atoms with Crippen molar-refractivity contribution in [1.82, 2.24) is 5.32 Å². The number of thiocarbonyl (C=S) groups is 1. The van der Waals surface area contributed by atoms with Crippen molar-refractivity contribution in [2.24, 2.45) is 0 Å². The highest BCUT2D eigenvalue weighted by Gasteiger charge is 2.13. The van der Waals surface area contributed by atoms with E-state index in [1.807, 2.05) is 0 Å². The number of rotatable bonds is 2. The molecule has 0 aliphatic carbocycles. The van der Waals surface area contributed by atoms with Crippen LogP contribution in [0.15, 0.2) is 34.8 Å². The van der Waals surface area contributed by atoms with Crippen molar-refractivity contribution in [1.29, 1.82) is 0 Å². The molecule has 0 radical (unpaired) electrons. The van der Waals surface area contributed by atoms with Crippen molar-refractivity contribution in [3.63, 3.8) is 0 Å². The van der Waals surface area contributed by atoms with Crippen molar-refractivity contribution in [3.05, 3.63) is 56.0 Å². The predicted molar refractivity (Wildman–Crippen MR) is 101 cm³/mol. The van der Waals surface area contributed by atoms with Crippen molar-refractivity contribution < 1.29 is 9.90 Å². The smallest absolute Gasteiger partial charge is 0.258 e. The third-order valence-corrected chi connectivity index (χ3v) is 4.27. The van der Waals surface area contributed by atoms with E-state index in [1.54, 1.807) is 25.1 Å². The Morgan fingerprint density at radius 2 is 1.96 bits per heavy atom. The lowest BCUT2D eigenvalue weighted by molar-refractivity contribution is 0.0978. The minimum atomic E-state index is -0.446. The Labute approximate surface area is 156 Å². The van der Waals surface area contributed by atoms with E-state index in [0.29, 0.717) is 20.7 Å². The Bertz CT molecular complexity index is 776. The first-order valence-electron chi connectivity index (χ1n) is 6.34. The summed E-state index contributed by atoms with van der Waals surface area (Å²) in [7, 11) is 0. The van der Waals surface area contributed by atoms with Gasteiger partial charge in [-0.15, -0.1) is 0 Å². The third-order valence-electron chi connectivity index (χ3n) is 2.91. The molecular weight excluding hydrogens is 423 g/mol. The zero-order valence-corrected chi connectivity index (χ0v) is 15.7. The molecular formula is C15H11BrCl2N2O2S. The van der Waals surface area contributed by atoms with Crippen LogP contribution < -0.4 is 10.6 Å². The first-order chi connectivity index (χ1) is 10.8. The van der Waals surface area contributed by atoms with Gasteiger partial charge in [-0.3, -0.25) is 10.1 Å². The molecule has 0 aliphatic heterocycles. The molecule has 0 bridgehead atoms. The fourth-order valence-electron chi connectivity index (χ4n) is 1.82. The van der Waals surface area contributed by atoms with Crippen LogP contribution in [0.5, 0.6) is 5.75 Å². The fraction of sp³-hybridized carbons (Fsp3) is 0.0667. The quantitative estimate of drug-likeness (QED) is 0.465. The Balaban J connectivity index is 2.09. The van der Waals surface area contributed by atoms with Crippen LogP contribution in [0.25, 0.3) is 0 Å². The van der Waals surface area contributed by atoms with Gasteiger partial charge < -0.3 is 10.4 Å². The van der Waals surface area contributed by atoms with Crippen LogP contribution >= 0.6 is 51.3 Å². The van der Waals surface area contributed by atoms with Crippen LogP contribution in [0.4, 0.5) is 5.69 Å². The van der Waals surface area contributed by atoms with Gasteiger partial charge in [0, 0.05) is 10.7 Å². The number of hydrogen-bond acceptors (Lipinski definition) is 3. The molecule has 2 aromatic rings. The fourth-order valence-corrected chi connectivity index (χ4v) is 3.08. The number of hydrogen-bond donors (Lipinski definition) is 3. The molecule has 8 heteroatoms. The Kier molecular flexibility index (Phi) is 5.86. The number of carbonyl (C=O) groups is 1. The second kappa shape index (κ2) is 7.49. The second-order valence-corrected chi connectivity index (χ2v) is 6.76. The highest BCUT2D eigenvalue weighted by atomic mass is 79.9. The molecule has 0 heterocycles. The molecule has 2 aromatic carbocycles. The van der Waals surface area contributed by atoms with Crippen LogP contribution in [0.1, 0.15) is 15.9 Å². The zero-order chi connectivity index (χ0) is 17.1. The van der Waals surface area contributed by atoms with E-state index in [-0.39, 0.29) is 21.4 Å². The number of phenolic OH excluding ortho intramolecular Hbond substituents is 1. The van der Waals surface area contributed by atoms with E-state index in [2.05, 4.69) is 26.6 Å². The summed E-state index contributed by atoms with van der Waals surface area (Å²) in [5.41, 5.74) is 1.56. The van der Waals surface area contributed by atoms with Crippen LogP contribution in [0, 0.1) is 6.92 Å². The highest BCUT2D eigenvalue weighted by molar-refractivity contribution is 9.10. The van der Waals surface area contributed by atoms with E-state index in [4.69, 9.17) is 35.4 Å². The van der Waals surface area contributed by atoms with Crippen LogP contribution in [-0.4, -0.2) is 16.1 Å². The lowest BCUT2D eigenvalue weighted by atomic mass is 10.2. The molecule has 0 atom stereocenters. The van der Waals surface area contributed by atoms with Crippen LogP contribution in [0.2, 0.25) is 10.0 Å². The Morgan fingerprint density at radius 3 is 2.57 bits per heavy atom. The standard InChI is InChI=1S/C15H11BrCl2N2O2S/c1-7-4-9(6-11(16)13(7)21)19-15(23)20-14(22)10-3-2-8(17)5-12(10)18/h2-6,21H,1H3,(H2,19,20,22,23). The SMILES string of the molecule is Cc1cc(NC(=S)NC(=O)c2ccc(Cl)cc2Cl)cc(Br)c1O. The van der Waals surface area contributed by atoms with Gasteiger partial charge in [0.1, 0.15) is 5.75 Å². The van der Waals surface area contributed by atoms with E-state index in [0.717, 1.165) is 0 Å². The maximum absolute atomic E-state index is 12.2. The molecule has 3 N–H and O–H groups in total. The third kappa shape index (κ3) is 4.57. The maximum Gasteiger partial charge on any atom is 0.258 e. The topological polar surface area (TPSA) is 61.4 Å². The molecule has 120 valence electrons. The number of phenols is 1. The largest absolute Gasteiger partial charge is 0.506 e. The number of halogens is 3. The summed E-state index contributed by atoms with van der Waals surface area (Å²) in [6.45, 7) is 1.75. The minimum Gasteiger partial charge on any atom is -0.506 e. The van der Waals surface area contributed by atoms with Gasteiger partial charge in [0.05, 0.1) is 15.1 Å². The zero-order valence-electron chi connectivity index (χ0n) is 11.8. The molecule has 1 amide bonds. The summed E-state index contributed by atoms with van der Waals surface area (Å²) in [5, 5.41) is 15.9. The number of carbonyl (C=O) groups excluding carboxylic acids is 1. The Morgan fingerprint density at radius 1 is 1.26 bits per heavy atom. The summed E-state index contributed by atoms with van der Waals surface area (Å²) in [6.07, 6.45) is 0. The van der Waals surface area contributed by atoms with E-state index in [9.17, 15) is 9.90 Å². The van der Waals surface area contributed by atoms with Crippen molar-refractivity contribution in [3.8, 4) is 5.75 Å². The van der Waals surface area contributed by atoms with E-state index in [1.165, 1.54) is 12.1 Å². The van der Waals surface area contributed by atoms with Crippen molar-refractivity contribution in [2.75, 3.05) is 5.32 Å². The Hall–Kier alpha value is -1.34. The lowest BCUT2D eigenvalue weighted by Crippen LogP contribution is -2.34. The van der Waals surface area contributed by atoms with Gasteiger partial charge >= 0.3 is 0 Å².